The Morgan fingerprint density at radius 2 is 2.10 bits per heavy atom. The fourth-order valence-corrected chi connectivity index (χ4v) is 2.36. The normalized spacial score (nSPS) is 10.4. The van der Waals surface area contributed by atoms with Crippen molar-refractivity contribution in [2.24, 2.45) is 5.73 Å². The summed E-state index contributed by atoms with van der Waals surface area (Å²) in [5.74, 6) is 0.623. The molecule has 0 aliphatic carbocycles. The largest absolute Gasteiger partial charge is 0.496 e. The summed E-state index contributed by atoms with van der Waals surface area (Å²) in [6.45, 7) is 4.10. The molecule has 0 aliphatic rings. The van der Waals surface area contributed by atoms with Crippen molar-refractivity contribution in [1.29, 1.82) is 0 Å². The van der Waals surface area contributed by atoms with Crippen LogP contribution in [0.25, 0.3) is 0 Å². The van der Waals surface area contributed by atoms with Gasteiger partial charge in [0, 0.05) is 11.4 Å². The molecule has 6 heteroatoms. The van der Waals surface area contributed by atoms with E-state index in [9.17, 15) is 4.79 Å². The average Bonchev–Trinajstić information content (AvgIpc) is 2.42. The molecular formula is C15H17N3O2S. The Balaban J connectivity index is 2.43. The van der Waals surface area contributed by atoms with E-state index in [1.807, 2.05) is 25.1 Å². The van der Waals surface area contributed by atoms with Gasteiger partial charge >= 0.3 is 5.69 Å². The van der Waals surface area contributed by atoms with Gasteiger partial charge in [-0.3, -0.25) is 4.57 Å². The fraction of sp³-hybridized carbons (Fsp3) is 0.267. The monoisotopic (exact) mass is 303 g/mol. The van der Waals surface area contributed by atoms with Crippen molar-refractivity contribution in [2.45, 2.75) is 20.4 Å². The first-order valence-electron chi connectivity index (χ1n) is 6.44. The number of nitrogens with zero attached hydrogens (tertiary/aromatic N) is 2. The van der Waals surface area contributed by atoms with Crippen LogP contribution in [0.1, 0.15) is 22.5 Å². The smallest absolute Gasteiger partial charge is 0.348 e. The summed E-state index contributed by atoms with van der Waals surface area (Å²) in [5.41, 5.74) is 8.59. The minimum Gasteiger partial charge on any atom is -0.496 e. The van der Waals surface area contributed by atoms with Gasteiger partial charge in [-0.2, -0.15) is 4.98 Å². The van der Waals surface area contributed by atoms with Gasteiger partial charge in [0.2, 0.25) is 0 Å². The van der Waals surface area contributed by atoms with Gasteiger partial charge in [-0.15, -0.1) is 0 Å². The van der Waals surface area contributed by atoms with E-state index < -0.39 is 0 Å². The van der Waals surface area contributed by atoms with E-state index >= 15 is 0 Å². The highest BCUT2D eigenvalue weighted by molar-refractivity contribution is 7.80. The topological polar surface area (TPSA) is 70.1 Å². The van der Waals surface area contributed by atoms with Crippen LogP contribution in [0.4, 0.5) is 0 Å². The van der Waals surface area contributed by atoms with E-state index in [1.165, 1.54) is 0 Å². The Hall–Kier alpha value is -2.21. The highest BCUT2D eigenvalue weighted by Gasteiger charge is 2.09. The zero-order chi connectivity index (χ0) is 15.6. The molecule has 0 fully saturated rings. The molecule has 1 heterocycles. The van der Waals surface area contributed by atoms with Gasteiger partial charge in [-0.25, -0.2) is 4.79 Å². The third kappa shape index (κ3) is 3.28. The number of hydrogen-bond donors (Lipinski definition) is 1. The maximum absolute atomic E-state index is 12.0. The second-order valence-electron chi connectivity index (χ2n) is 4.81. The van der Waals surface area contributed by atoms with Gasteiger partial charge in [-0.1, -0.05) is 18.3 Å². The van der Waals surface area contributed by atoms with Crippen LogP contribution >= 0.6 is 12.2 Å². The van der Waals surface area contributed by atoms with Crippen LogP contribution in [-0.2, 0) is 6.54 Å². The molecule has 2 aromatic rings. The lowest BCUT2D eigenvalue weighted by molar-refractivity contribution is 0.414. The predicted molar refractivity (Wildman–Crippen MR) is 86.0 cm³/mol. The third-order valence-corrected chi connectivity index (χ3v) is 3.44. The quantitative estimate of drug-likeness (QED) is 0.868. The first-order chi connectivity index (χ1) is 9.92. The van der Waals surface area contributed by atoms with Crippen LogP contribution in [0.15, 0.2) is 29.1 Å². The summed E-state index contributed by atoms with van der Waals surface area (Å²) < 4.78 is 6.84. The Bertz CT molecular complexity index is 753. The standard InChI is InChI=1S/C15H17N3O2S/c1-9-6-10(2)18(15(19)17-9)8-11-4-5-13(20-3)12(7-11)14(16)21/h4-7H,8H2,1-3H3,(H2,16,21). The highest BCUT2D eigenvalue weighted by atomic mass is 32.1. The third-order valence-electron chi connectivity index (χ3n) is 3.22. The molecule has 5 nitrogen and oxygen atoms in total. The van der Waals surface area contributed by atoms with Crippen LogP contribution in [0, 0.1) is 13.8 Å². The van der Waals surface area contributed by atoms with Crippen molar-refractivity contribution in [1.82, 2.24) is 9.55 Å². The first-order valence-corrected chi connectivity index (χ1v) is 6.85. The molecule has 2 N–H and O–H groups in total. The first kappa shape index (κ1) is 15.2. The van der Waals surface area contributed by atoms with Crippen molar-refractivity contribution in [2.75, 3.05) is 7.11 Å². The lowest BCUT2D eigenvalue weighted by atomic mass is 10.1. The molecule has 0 atom stereocenters. The Kier molecular flexibility index (Phi) is 4.37. The summed E-state index contributed by atoms with van der Waals surface area (Å²) in [5, 5.41) is 0. The number of aromatic nitrogens is 2. The van der Waals surface area contributed by atoms with Crippen LogP contribution in [0.3, 0.4) is 0 Å². The van der Waals surface area contributed by atoms with Gasteiger partial charge in [-0.05, 0) is 37.6 Å². The van der Waals surface area contributed by atoms with Crippen molar-refractivity contribution >= 4 is 17.2 Å². The summed E-state index contributed by atoms with van der Waals surface area (Å²) >= 11 is 5.03. The van der Waals surface area contributed by atoms with E-state index in [0.29, 0.717) is 23.6 Å². The zero-order valence-electron chi connectivity index (χ0n) is 12.2. The van der Waals surface area contributed by atoms with E-state index in [2.05, 4.69) is 4.98 Å². The number of methoxy groups -OCH3 is 1. The van der Waals surface area contributed by atoms with Crippen molar-refractivity contribution in [3.8, 4) is 5.75 Å². The van der Waals surface area contributed by atoms with Gasteiger partial charge < -0.3 is 10.5 Å². The highest BCUT2D eigenvalue weighted by Crippen LogP contribution is 2.20. The second-order valence-corrected chi connectivity index (χ2v) is 5.25. The molecule has 0 aliphatic heterocycles. The number of aryl methyl sites for hydroxylation is 2. The Morgan fingerprint density at radius 1 is 1.38 bits per heavy atom. The summed E-state index contributed by atoms with van der Waals surface area (Å²) in [7, 11) is 1.56. The van der Waals surface area contributed by atoms with Gasteiger partial charge in [0.05, 0.1) is 19.2 Å². The van der Waals surface area contributed by atoms with Gasteiger partial charge in [0.25, 0.3) is 0 Å². The number of thiocarbonyl (C=S) groups is 1. The number of hydrogen-bond acceptors (Lipinski definition) is 4. The zero-order valence-corrected chi connectivity index (χ0v) is 13.0. The molecule has 0 unspecified atom stereocenters. The predicted octanol–water partition coefficient (Wildman–Crippen LogP) is 1.55. The molecule has 110 valence electrons. The van der Waals surface area contributed by atoms with E-state index in [0.717, 1.165) is 11.3 Å². The lowest BCUT2D eigenvalue weighted by Gasteiger charge is -2.12. The summed E-state index contributed by atoms with van der Waals surface area (Å²) in [4.78, 5) is 16.2. The average molecular weight is 303 g/mol. The number of ether oxygens (including phenoxy) is 1. The Morgan fingerprint density at radius 3 is 2.67 bits per heavy atom. The summed E-state index contributed by atoms with van der Waals surface area (Å²) in [6, 6.07) is 7.39. The van der Waals surface area contributed by atoms with E-state index in [4.69, 9.17) is 22.7 Å². The number of rotatable bonds is 4. The van der Waals surface area contributed by atoms with Crippen molar-refractivity contribution in [3.05, 3.63) is 57.3 Å². The van der Waals surface area contributed by atoms with E-state index in [1.54, 1.807) is 24.7 Å². The molecule has 0 saturated heterocycles. The molecule has 1 aromatic carbocycles. The van der Waals surface area contributed by atoms with Gasteiger partial charge in [0.15, 0.2) is 0 Å². The molecule has 2 rings (SSSR count). The molecule has 0 bridgehead atoms. The minimum atomic E-state index is -0.264. The van der Waals surface area contributed by atoms with Crippen LogP contribution < -0.4 is 16.2 Å². The van der Waals surface area contributed by atoms with Crippen LogP contribution in [0.2, 0.25) is 0 Å². The molecule has 1 aromatic heterocycles. The fourth-order valence-electron chi connectivity index (χ4n) is 2.20. The maximum atomic E-state index is 12.0. The van der Waals surface area contributed by atoms with Crippen LogP contribution in [0.5, 0.6) is 5.75 Å². The van der Waals surface area contributed by atoms with Crippen molar-refractivity contribution in [3.63, 3.8) is 0 Å². The summed E-state index contributed by atoms with van der Waals surface area (Å²) in [6.07, 6.45) is 0. The van der Waals surface area contributed by atoms with Gasteiger partial charge in [0.1, 0.15) is 10.7 Å². The molecular weight excluding hydrogens is 286 g/mol. The SMILES string of the molecule is COc1ccc(Cn2c(C)cc(C)nc2=O)cc1C(N)=S. The van der Waals surface area contributed by atoms with Crippen molar-refractivity contribution < 1.29 is 4.74 Å². The molecule has 0 spiro atoms. The van der Waals surface area contributed by atoms with Crippen LogP contribution in [-0.4, -0.2) is 21.6 Å². The maximum Gasteiger partial charge on any atom is 0.348 e. The molecule has 0 amide bonds. The van der Waals surface area contributed by atoms with E-state index in [-0.39, 0.29) is 10.7 Å². The number of nitrogens with two attached hydrogens (primary N) is 1. The second kappa shape index (κ2) is 6.05. The molecule has 0 radical (unpaired) electrons. The molecule has 21 heavy (non-hydrogen) atoms. The molecule has 0 saturated carbocycles. The minimum absolute atomic E-state index is 0.264. The number of benzene rings is 1. The lowest BCUT2D eigenvalue weighted by Crippen LogP contribution is -2.26. The Labute approximate surface area is 128 Å².